The van der Waals surface area contributed by atoms with Crippen LogP contribution in [0.15, 0.2) is 0 Å². The molecule has 0 radical (unpaired) electrons. The quantitative estimate of drug-likeness (QED) is 0.794. The molecule has 2 N–H and O–H groups in total. The number of nitrogens with zero attached hydrogens (tertiary/aromatic N) is 2. The van der Waals surface area contributed by atoms with Gasteiger partial charge in [-0.15, -0.1) is 0 Å². The molecular weight excluding hydrogens is 214 g/mol. The van der Waals surface area contributed by atoms with E-state index in [1.54, 1.807) is 0 Å². The highest BCUT2D eigenvalue weighted by Gasteiger charge is 2.18. The van der Waals surface area contributed by atoms with Gasteiger partial charge in [0.2, 0.25) is 0 Å². The van der Waals surface area contributed by atoms with E-state index in [1.165, 1.54) is 11.3 Å². The molecule has 0 bridgehead atoms. The summed E-state index contributed by atoms with van der Waals surface area (Å²) in [5.41, 5.74) is 3.62. The predicted octanol–water partition coefficient (Wildman–Crippen LogP) is 1.71. The Labute approximate surface area is 104 Å². The van der Waals surface area contributed by atoms with E-state index in [-0.39, 0.29) is 6.61 Å². The maximum absolute atomic E-state index is 9.05. The highest BCUT2D eigenvalue weighted by Crippen LogP contribution is 2.23. The maximum atomic E-state index is 9.05. The Kier molecular flexibility index (Phi) is 5.15. The van der Waals surface area contributed by atoms with Gasteiger partial charge >= 0.3 is 0 Å². The monoisotopic (exact) mass is 239 g/mol. The van der Waals surface area contributed by atoms with Crippen molar-refractivity contribution in [2.45, 2.75) is 40.2 Å². The van der Waals surface area contributed by atoms with Crippen LogP contribution >= 0.6 is 0 Å². The zero-order valence-electron chi connectivity index (χ0n) is 11.6. The van der Waals surface area contributed by atoms with Crippen molar-refractivity contribution in [3.8, 4) is 0 Å². The van der Waals surface area contributed by atoms with Crippen molar-refractivity contribution in [3.05, 3.63) is 17.0 Å². The molecule has 4 heteroatoms. The van der Waals surface area contributed by atoms with Gasteiger partial charge in [-0.05, 0) is 26.2 Å². The summed E-state index contributed by atoms with van der Waals surface area (Å²) in [7, 11) is 1.98. The van der Waals surface area contributed by atoms with Gasteiger partial charge in [0.05, 0.1) is 5.69 Å². The Morgan fingerprint density at radius 1 is 1.41 bits per heavy atom. The van der Waals surface area contributed by atoms with Gasteiger partial charge in [-0.2, -0.15) is 5.10 Å². The van der Waals surface area contributed by atoms with Crippen molar-refractivity contribution in [1.82, 2.24) is 15.1 Å². The van der Waals surface area contributed by atoms with Crippen molar-refractivity contribution < 1.29 is 5.11 Å². The van der Waals surface area contributed by atoms with Crippen LogP contribution in [0.4, 0.5) is 0 Å². The van der Waals surface area contributed by atoms with E-state index in [4.69, 9.17) is 5.11 Å². The lowest BCUT2D eigenvalue weighted by molar-refractivity contribution is 0.229. The predicted molar refractivity (Wildman–Crippen MR) is 70.0 cm³/mol. The van der Waals surface area contributed by atoms with Gasteiger partial charge in [0.15, 0.2) is 0 Å². The molecular formula is C13H25N3O. The van der Waals surface area contributed by atoms with E-state index >= 15 is 0 Å². The zero-order valence-corrected chi connectivity index (χ0v) is 11.6. The Morgan fingerprint density at radius 3 is 2.47 bits per heavy atom. The first kappa shape index (κ1) is 14.2. The Hall–Kier alpha value is -0.870. The van der Waals surface area contributed by atoms with Crippen LogP contribution in [0.5, 0.6) is 0 Å². The van der Waals surface area contributed by atoms with Crippen LogP contribution in [0, 0.1) is 19.8 Å². The van der Waals surface area contributed by atoms with Gasteiger partial charge in [0.1, 0.15) is 0 Å². The second-order valence-electron chi connectivity index (χ2n) is 4.86. The van der Waals surface area contributed by atoms with Crippen LogP contribution in [-0.2, 0) is 7.05 Å². The van der Waals surface area contributed by atoms with E-state index in [0.717, 1.165) is 18.7 Å². The summed E-state index contributed by atoms with van der Waals surface area (Å²) in [6, 6.07) is 0.331. The first-order chi connectivity index (χ1) is 8.01. The topological polar surface area (TPSA) is 50.1 Å². The van der Waals surface area contributed by atoms with Gasteiger partial charge in [0.25, 0.3) is 0 Å². The molecule has 1 heterocycles. The van der Waals surface area contributed by atoms with Crippen molar-refractivity contribution in [1.29, 1.82) is 0 Å². The Balaban J connectivity index is 2.79. The van der Waals surface area contributed by atoms with E-state index in [9.17, 15) is 0 Å². The number of nitrogens with one attached hydrogen (secondary N) is 1. The smallest absolute Gasteiger partial charge is 0.0644 e. The van der Waals surface area contributed by atoms with Crippen LogP contribution in [-0.4, -0.2) is 28.0 Å². The van der Waals surface area contributed by atoms with Crippen LogP contribution in [0.1, 0.15) is 43.3 Å². The molecule has 1 aromatic rings. The highest BCUT2D eigenvalue weighted by molar-refractivity contribution is 5.28. The lowest BCUT2D eigenvalue weighted by Gasteiger charge is -2.20. The highest BCUT2D eigenvalue weighted by atomic mass is 16.3. The number of aryl methyl sites for hydroxylation is 2. The molecule has 0 aromatic carbocycles. The van der Waals surface area contributed by atoms with Crippen LogP contribution in [0.2, 0.25) is 0 Å². The summed E-state index contributed by atoms with van der Waals surface area (Å²) in [5, 5.41) is 17.0. The van der Waals surface area contributed by atoms with Crippen molar-refractivity contribution in [3.63, 3.8) is 0 Å². The largest absolute Gasteiger partial charge is 0.396 e. The molecule has 0 spiro atoms. The minimum Gasteiger partial charge on any atom is -0.396 e. The fraction of sp³-hybridized carbons (Fsp3) is 0.769. The zero-order chi connectivity index (χ0) is 13.0. The molecule has 0 fully saturated rings. The van der Waals surface area contributed by atoms with Gasteiger partial charge in [-0.3, -0.25) is 4.68 Å². The second-order valence-corrected chi connectivity index (χ2v) is 4.86. The van der Waals surface area contributed by atoms with E-state index < -0.39 is 0 Å². The molecule has 0 aliphatic carbocycles. The Morgan fingerprint density at radius 2 is 2.06 bits per heavy atom. The molecule has 1 aromatic heterocycles. The maximum Gasteiger partial charge on any atom is 0.0644 e. The van der Waals surface area contributed by atoms with Crippen molar-refractivity contribution in [2.75, 3.05) is 13.2 Å². The molecule has 0 amide bonds. The third kappa shape index (κ3) is 3.30. The number of aromatic nitrogens is 2. The SMILES string of the molecule is CCC(NCC(C)CO)c1c(C)nn(C)c1C. The summed E-state index contributed by atoms with van der Waals surface area (Å²) in [4.78, 5) is 0. The lowest BCUT2D eigenvalue weighted by atomic mass is 10.0. The average Bonchev–Trinajstić information content (AvgIpc) is 2.55. The third-order valence-corrected chi connectivity index (χ3v) is 3.35. The van der Waals surface area contributed by atoms with E-state index in [2.05, 4.69) is 31.2 Å². The average molecular weight is 239 g/mol. The molecule has 98 valence electrons. The fourth-order valence-electron chi connectivity index (χ4n) is 2.15. The van der Waals surface area contributed by atoms with Crippen LogP contribution in [0.3, 0.4) is 0 Å². The molecule has 2 atom stereocenters. The number of hydrogen-bond acceptors (Lipinski definition) is 3. The van der Waals surface area contributed by atoms with Gasteiger partial charge in [-0.25, -0.2) is 0 Å². The number of aliphatic hydroxyl groups excluding tert-OH is 1. The number of hydrogen-bond donors (Lipinski definition) is 2. The molecule has 1 rings (SSSR count). The summed E-state index contributed by atoms with van der Waals surface area (Å²) in [5.74, 6) is 0.293. The molecule has 4 nitrogen and oxygen atoms in total. The van der Waals surface area contributed by atoms with Gasteiger partial charge in [-0.1, -0.05) is 13.8 Å². The summed E-state index contributed by atoms with van der Waals surface area (Å²) < 4.78 is 1.93. The minimum atomic E-state index is 0.231. The molecule has 17 heavy (non-hydrogen) atoms. The first-order valence-electron chi connectivity index (χ1n) is 6.35. The molecule has 0 saturated carbocycles. The second kappa shape index (κ2) is 6.17. The van der Waals surface area contributed by atoms with E-state index in [0.29, 0.717) is 12.0 Å². The minimum absolute atomic E-state index is 0.231. The molecule has 0 saturated heterocycles. The number of rotatable bonds is 6. The third-order valence-electron chi connectivity index (χ3n) is 3.35. The van der Waals surface area contributed by atoms with E-state index in [1.807, 2.05) is 18.7 Å². The van der Waals surface area contributed by atoms with Crippen LogP contribution < -0.4 is 5.32 Å². The summed E-state index contributed by atoms with van der Waals surface area (Å²) in [6.45, 7) is 9.45. The first-order valence-corrected chi connectivity index (χ1v) is 6.35. The van der Waals surface area contributed by atoms with Crippen molar-refractivity contribution in [2.24, 2.45) is 13.0 Å². The standard InChI is InChI=1S/C13H25N3O/c1-6-12(14-7-9(2)8-17)13-10(3)15-16(5)11(13)4/h9,12,14,17H,6-8H2,1-5H3. The van der Waals surface area contributed by atoms with Crippen LogP contribution in [0.25, 0.3) is 0 Å². The van der Waals surface area contributed by atoms with Gasteiger partial charge in [0, 0.05) is 37.5 Å². The fourth-order valence-corrected chi connectivity index (χ4v) is 2.15. The summed E-state index contributed by atoms with van der Waals surface area (Å²) >= 11 is 0. The normalized spacial score (nSPS) is 14.9. The number of aliphatic hydroxyl groups is 1. The van der Waals surface area contributed by atoms with Crippen molar-refractivity contribution >= 4 is 0 Å². The van der Waals surface area contributed by atoms with Gasteiger partial charge < -0.3 is 10.4 Å². The molecule has 2 unspecified atom stereocenters. The summed E-state index contributed by atoms with van der Waals surface area (Å²) in [6.07, 6.45) is 1.03. The lowest BCUT2D eigenvalue weighted by Crippen LogP contribution is -2.28. The molecule has 0 aliphatic heterocycles. The molecule has 0 aliphatic rings. The Bertz CT molecular complexity index is 360.